The predicted octanol–water partition coefficient (Wildman–Crippen LogP) is 2.80. The van der Waals surface area contributed by atoms with Crippen LogP contribution in [0.5, 0.6) is 5.75 Å². The second-order valence-corrected chi connectivity index (χ2v) is 7.37. The van der Waals surface area contributed by atoms with Crippen molar-refractivity contribution in [3.8, 4) is 5.75 Å². The maximum atomic E-state index is 12.1. The van der Waals surface area contributed by atoms with Crippen molar-refractivity contribution in [3.63, 3.8) is 0 Å². The molecule has 0 saturated heterocycles. The van der Waals surface area contributed by atoms with Crippen LogP contribution in [0, 0.1) is 0 Å². The van der Waals surface area contributed by atoms with Gasteiger partial charge in [-0.1, -0.05) is 6.07 Å². The number of hydrogen-bond donors (Lipinski definition) is 6. The van der Waals surface area contributed by atoms with Crippen LogP contribution in [-0.4, -0.2) is 64.5 Å². The van der Waals surface area contributed by atoms with E-state index in [1.54, 1.807) is 30.5 Å². The van der Waals surface area contributed by atoms with E-state index in [-0.39, 0.29) is 11.9 Å². The highest BCUT2D eigenvalue weighted by molar-refractivity contribution is 5.94. The summed E-state index contributed by atoms with van der Waals surface area (Å²) in [6.45, 7) is 0.679. The van der Waals surface area contributed by atoms with Crippen LogP contribution in [0.4, 0.5) is 37.8 Å². The molecule has 2 aromatic carbocycles. The van der Waals surface area contributed by atoms with Gasteiger partial charge in [-0.2, -0.15) is 26.3 Å². The number of nitrogen functional groups attached to an aromatic ring is 1. The van der Waals surface area contributed by atoms with E-state index in [1.807, 2.05) is 24.3 Å². The minimum Gasteiger partial charge on any atom is -0.492 e. The third-order valence-corrected chi connectivity index (χ3v) is 4.30. The number of hydrogen-bond acceptors (Lipinski definition) is 7. The molecule has 12 nitrogen and oxygen atoms in total. The molecule has 222 valence electrons. The first-order valence-electron chi connectivity index (χ1n) is 10.8. The number of nitrogens with zero attached hydrogens (tertiary/aromatic N) is 2. The topological polar surface area (TPSA) is 216 Å². The van der Waals surface area contributed by atoms with E-state index in [2.05, 4.69) is 15.3 Å². The van der Waals surface area contributed by atoms with Crippen LogP contribution in [-0.2, 0) is 9.59 Å². The summed E-state index contributed by atoms with van der Waals surface area (Å²) in [5.41, 5.74) is 17.6. The number of carbonyl (C=O) groups excluding carboxylic acids is 1. The number of halogens is 6. The normalized spacial score (nSPS) is 10.7. The van der Waals surface area contributed by atoms with Gasteiger partial charge in [0.2, 0.25) is 0 Å². The number of aliphatic imine (C=N–C) groups is 1. The number of alkyl halides is 6. The van der Waals surface area contributed by atoms with Crippen molar-refractivity contribution in [1.82, 2.24) is 10.3 Å². The van der Waals surface area contributed by atoms with E-state index in [1.165, 1.54) is 0 Å². The molecule has 0 aliphatic rings. The minimum absolute atomic E-state index is 0.0319. The molecule has 0 aliphatic carbocycles. The Kier molecular flexibility index (Phi) is 12.1. The van der Waals surface area contributed by atoms with E-state index in [4.69, 9.17) is 41.7 Å². The van der Waals surface area contributed by atoms with Gasteiger partial charge < -0.3 is 37.5 Å². The predicted molar refractivity (Wildman–Crippen MR) is 133 cm³/mol. The first kappa shape index (κ1) is 33.7. The van der Waals surface area contributed by atoms with Crippen molar-refractivity contribution in [3.05, 3.63) is 60.3 Å². The number of guanidine groups is 1. The van der Waals surface area contributed by atoms with Gasteiger partial charge >= 0.3 is 24.3 Å². The number of pyridine rings is 1. The Morgan fingerprint density at radius 3 is 1.93 bits per heavy atom. The maximum Gasteiger partial charge on any atom is 0.490 e. The fourth-order valence-corrected chi connectivity index (χ4v) is 2.53. The zero-order valence-corrected chi connectivity index (χ0v) is 20.5. The lowest BCUT2D eigenvalue weighted by Gasteiger charge is -2.09. The molecule has 9 N–H and O–H groups in total. The molecule has 0 aliphatic heterocycles. The van der Waals surface area contributed by atoms with Crippen LogP contribution in [0.2, 0.25) is 0 Å². The summed E-state index contributed by atoms with van der Waals surface area (Å²) in [6.07, 6.45) is -8.50. The zero-order chi connectivity index (χ0) is 31.4. The molecule has 0 bridgehead atoms. The van der Waals surface area contributed by atoms with Gasteiger partial charge in [-0.05, 0) is 47.9 Å². The molecule has 3 aromatic rings. The number of rotatable bonds is 6. The van der Waals surface area contributed by atoms with Crippen LogP contribution >= 0.6 is 0 Å². The number of aliphatic carboxylic acids is 2. The summed E-state index contributed by atoms with van der Waals surface area (Å²) in [4.78, 5) is 37.9. The Morgan fingerprint density at radius 2 is 1.44 bits per heavy atom. The standard InChI is InChI=1S/C19H20N6O2.2C2HF3O2/c20-17-16-11-15(6-3-12(16)7-8-23-17)27-10-9-24-18(26)13-1-4-14(5-2-13)25-19(21)22;2*3-2(4,5)1(6)7/h1-8,11H,9-10H2,(H2,20,23)(H,24,26)(H4,21,22,25);2*(H,6,7). The van der Waals surface area contributed by atoms with Crippen LogP contribution < -0.4 is 27.3 Å². The number of carboxylic acid groups (broad SMARTS) is 2. The summed E-state index contributed by atoms with van der Waals surface area (Å²) < 4.78 is 69.1. The quantitative estimate of drug-likeness (QED) is 0.106. The van der Waals surface area contributed by atoms with Crippen LogP contribution in [0.3, 0.4) is 0 Å². The molecule has 1 heterocycles. The van der Waals surface area contributed by atoms with Crippen LogP contribution in [0.1, 0.15) is 10.4 Å². The van der Waals surface area contributed by atoms with Crippen molar-refractivity contribution < 1.29 is 55.7 Å². The number of nitrogens with one attached hydrogen (secondary N) is 1. The van der Waals surface area contributed by atoms with Gasteiger partial charge in [0.25, 0.3) is 5.91 Å². The van der Waals surface area contributed by atoms with E-state index in [0.29, 0.717) is 36.0 Å². The van der Waals surface area contributed by atoms with E-state index >= 15 is 0 Å². The summed E-state index contributed by atoms with van der Waals surface area (Å²) >= 11 is 0. The average molecular weight is 592 g/mol. The fraction of sp³-hybridized carbons (Fsp3) is 0.174. The van der Waals surface area contributed by atoms with Crippen molar-refractivity contribution >= 4 is 46.1 Å². The molecule has 0 atom stereocenters. The van der Waals surface area contributed by atoms with Crippen molar-refractivity contribution in [2.75, 3.05) is 18.9 Å². The number of fused-ring (bicyclic) bond motifs is 1. The maximum absolute atomic E-state index is 12.1. The Bertz CT molecular complexity index is 1350. The van der Waals surface area contributed by atoms with E-state index in [9.17, 15) is 31.1 Å². The summed E-state index contributed by atoms with van der Waals surface area (Å²) in [5, 5.41) is 18.9. The lowest BCUT2D eigenvalue weighted by atomic mass is 10.1. The lowest BCUT2D eigenvalue weighted by molar-refractivity contribution is -0.193. The Morgan fingerprint density at radius 1 is 0.902 bits per heavy atom. The van der Waals surface area contributed by atoms with Gasteiger partial charge in [-0.25, -0.2) is 19.6 Å². The molecule has 1 amide bonds. The highest BCUT2D eigenvalue weighted by Gasteiger charge is 2.38. The molecule has 0 unspecified atom stereocenters. The molecule has 0 fully saturated rings. The number of benzene rings is 2. The Labute approximate surface area is 226 Å². The number of anilines is 1. The largest absolute Gasteiger partial charge is 0.492 e. The monoisotopic (exact) mass is 592 g/mol. The molecule has 41 heavy (non-hydrogen) atoms. The molecule has 3 rings (SSSR count). The van der Waals surface area contributed by atoms with Crippen LogP contribution in [0.15, 0.2) is 59.7 Å². The molecule has 0 saturated carbocycles. The molecular weight excluding hydrogens is 570 g/mol. The third kappa shape index (κ3) is 12.4. The number of ether oxygens (including phenoxy) is 1. The van der Waals surface area contributed by atoms with Crippen molar-refractivity contribution in [2.24, 2.45) is 16.5 Å². The third-order valence-electron chi connectivity index (χ3n) is 4.30. The highest BCUT2D eigenvalue weighted by Crippen LogP contribution is 2.24. The van der Waals surface area contributed by atoms with Crippen LogP contribution in [0.25, 0.3) is 10.8 Å². The molecule has 18 heteroatoms. The van der Waals surface area contributed by atoms with Gasteiger partial charge in [-0.3, -0.25) is 4.79 Å². The minimum atomic E-state index is -5.08. The fourth-order valence-electron chi connectivity index (χ4n) is 2.53. The molecule has 1 aromatic heterocycles. The van der Waals surface area contributed by atoms with E-state index < -0.39 is 24.3 Å². The van der Waals surface area contributed by atoms with Crippen molar-refractivity contribution in [1.29, 1.82) is 0 Å². The van der Waals surface area contributed by atoms with Gasteiger partial charge in [0.1, 0.15) is 18.2 Å². The summed E-state index contributed by atoms with van der Waals surface area (Å²) in [5.74, 6) is -4.63. The smallest absolute Gasteiger partial charge is 0.490 e. The number of carbonyl (C=O) groups is 3. The summed E-state index contributed by atoms with van der Waals surface area (Å²) in [7, 11) is 0. The zero-order valence-electron chi connectivity index (χ0n) is 20.5. The molecule has 0 spiro atoms. The number of aromatic nitrogens is 1. The lowest BCUT2D eigenvalue weighted by Crippen LogP contribution is -2.28. The van der Waals surface area contributed by atoms with Gasteiger partial charge in [0.05, 0.1) is 12.2 Å². The second-order valence-electron chi connectivity index (χ2n) is 7.37. The van der Waals surface area contributed by atoms with Crippen molar-refractivity contribution in [2.45, 2.75) is 12.4 Å². The SMILES string of the molecule is NC(N)=Nc1ccc(C(=O)NCCOc2ccc3ccnc(N)c3c2)cc1.O=C(O)C(F)(F)F.O=C(O)C(F)(F)F. The van der Waals surface area contributed by atoms with E-state index in [0.717, 1.165) is 10.8 Å². The average Bonchev–Trinajstić information content (AvgIpc) is 2.86. The van der Waals surface area contributed by atoms with Gasteiger partial charge in [0.15, 0.2) is 5.96 Å². The highest BCUT2D eigenvalue weighted by atomic mass is 19.4. The number of amides is 1. The molecular formula is C23H22F6N6O6. The number of carboxylic acids is 2. The first-order valence-corrected chi connectivity index (χ1v) is 10.8. The summed E-state index contributed by atoms with van der Waals surface area (Å²) in [6, 6.07) is 14.1. The van der Waals surface area contributed by atoms with Gasteiger partial charge in [-0.15, -0.1) is 0 Å². The Hall–Kier alpha value is -5.29. The number of nitrogens with two attached hydrogens (primary N) is 3. The second kappa shape index (κ2) is 14.8. The first-order chi connectivity index (χ1) is 18.9. The Balaban J connectivity index is 0.000000497. The molecule has 0 radical (unpaired) electrons. The van der Waals surface area contributed by atoms with Gasteiger partial charge in [0, 0.05) is 17.1 Å².